The van der Waals surface area contributed by atoms with E-state index in [1.807, 2.05) is 31.2 Å². The highest BCUT2D eigenvalue weighted by molar-refractivity contribution is 5.92. The largest absolute Gasteiger partial charge is 0.444 e. The Hall–Kier alpha value is -3.10. The molecule has 0 aliphatic rings. The molecule has 2 atom stereocenters. The van der Waals surface area contributed by atoms with Crippen molar-refractivity contribution in [3.8, 4) is 0 Å². The average Bonchev–Trinajstić information content (AvgIpc) is 2.87. The lowest BCUT2D eigenvalue weighted by Gasteiger charge is -2.34. The van der Waals surface area contributed by atoms with Crippen LogP contribution in [0.2, 0.25) is 0 Å². The summed E-state index contributed by atoms with van der Waals surface area (Å²) >= 11 is 0. The summed E-state index contributed by atoms with van der Waals surface area (Å²) in [6.45, 7) is 12.2. The van der Waals surface area contributed by atoms with Gasteiger partial charge in [0.05, 0.1) is 0 Å². The Kier molecular flexibility index (Phi) is 16.0. The first-order valence-corrected chi connectivity index (χ1v) is 14.8. The zero-order valence-corrected chi connectivity index (χ0v) is 25.5. The van der Waals surface area contributed by atoms with Crippen molar-refractivity contribution in [1.82, 2.24) is 15.5 Å². The second kappa shape index (κ2) is 18.3. The number of nitrogens with two attached hydrogens (primary N) is 1. The summed E-state index contributed by atoms with van der Waals surface area (Å²) in [5.41, 5.74) is 6.35. The third-order valence-corrected chi connectivity index (χ3v) is 6.49. The summed E-state index contributed by atoms with van der Waals surface area (Å²) in [6.07, 6.45) is 6.80. The molecule has 4 N–H and O–H groups in total. The minimum absolute atomic E-state index is 0.00151. The van der Waals surface area contributed by atoms with Gasteiger partial charge in [-0.15, -0.1) is 0 Å². The minimum Gasteiger partial charge on any atom is -0.444 e. The van der Waals surface area contributed by atoms with Gasteiger partial charge in [-0.25, -0.2) is 4.79 Å². The summed E-state index contributed by atoms with van der Waals surface area (Å²) in [4.78, 5) is 53.7. The zero-order chi connectivity index (χ0) is 30.1. The van der Waals surface area contributed by atoms with Gasteiger partial charge < -0.3 is 26.0 Å². The number of hydrogen-bond acceptors (Lipinski definition) is 5. The minimum atomic E-state index is -1.08. The zero-order valence-electron chi connectivity index (χ0n) is 25.5. The molecule has 40 heavy (non-hydrogen) atoms. The Morgan fingerprint density at radius 1 is 0.925 bits per heavy atom. The first-order chi connectivity index (χ1) is 18.9. The fourth-order valence-corrected chi connectivity index (χ4v) is 4.35. The maximum absolute atomic E-state index is 14.2. The number of nitrogens with one attached hydrogen (secondary N) is 2. The van der Waals surface area contributed by atoms with E-state index in [9.17, 15) is 19.2 Å². The van der Waals surface area contributed by atoms with E-state index >= 15 is 0 Å². The first-order valence-electron chi connectivity index (χ1n) is 14.8. The Morgan fingerprint density at radius 3 is 2.10 bits per heavy atom. The molecular weight excluding hydrogens is 508 g/mol. The van der Waals surface area contributed by atoms with Crippen molar-refractivity contribution in [3.63, 3.8) is 0 Å². The molecule has 1 aromatic carbocycles. The van der Waals surface area contributed by atoms with Crippen LogP contribution in [0.4, 0.5) is 4.79 Å². The number of rotatable bonds is 18. The van der Waals surface area contributed by atoms with E-state index in [-0.39, 0.29) is 18.7 Å². The number of carbonyl (C=O) groups excluding carboxylic acids is 4. The van der Waals surface area contributed by atoms with Gasteiger partial charge in [0.2, 0.25) is 17.7 Å². The maximum Gasteiger partial charge on any atom is 0.408 e. The highest BCUT2D eigenvalue weighted by atomic mass is 16.6. The molecule has 0 aromatic heterocycles. The summed E-state index contributed by atoms with van der Waals surface area (Å²) in [5.74, 6) is -1.30. The fraction of sp³-hybridized carbons (Fsp3) is 0.677. The Balaban J connectivity index is 3.42. The van der Waals surface area contributed by atoms with Crippen LogP contribution in [0.15, 0.2) is 24.3 Å². The Bertz CT molecular complexity index is 927. The number of nitrogens with zero attached hydrogens (tertiary/aromatic N) is 1. The molecule has 1 rings (SSSR count). The van der Waals surface area contributed by atoms with Gasteiger partial charge in [0.15, 0.2) is 0 Å². The van der Waals surface area contributed by atoms with Crippen LogP contribution in [-0.2, 0) is 19.1 Å². The molecule has 0 heterocycles. The van der Waals surface area contributed by atoms with Gasteiger partial charge in [-0.3, -0.25) is 14.4 Å². The third kappa shape index (κ3) is 13.8. The molecule has 0 aliphatic heterocycles. The van der Waals surface area contributed by atoms with E-state index in [1.165, 1.54) is 0 Å². The van der Waals surface area contributed by atoms with Gasteiger partial charge in [-0.2, -0.15) is 0 Å². The van der Waals surface area contributed by atoms with Gasteiger partial charge in [0.1, 0.15) is 17.7 Å². The van der Waals surface area contributed by atoms with Gasteiger partial charge in [0, 0.05) is 19.5 Å². The number of ether oxygens (including phenoxy) is 1. The molecule has 226 valence electrons. The quantitative estimate of drug-likeness (QED) is 0.210. The summed E-state index contributed by atoms with van der Waals surface area (Å²) in [7, 11) is 0. The van der Waals surface area contributed by atoms with Crippen molar-refractivity contribution < 1.29 is 23.9 Å². The van der Waals surface area contributed by atoms with Crippen LogP contribution in [-0.4, -0.2) is 53.4 Å². The molecule has 0 bridgehead atoms. The van der Waals surface area contributed by atoms with Gasteiger partial charge >= 0.3 is 6.09 Å². The van der Waals surface area contributed by atoms with Crippen molar-refractivity contribution in [3.05, 3.63) is 35.4 Å². The van der Waals surface area contributed by atoms with E-state index in [4.69, 9.17) is 10.5 Å². The fourth-order valence-electron chi connectivity index (χ4n) is 4.35. The highest BCUT2D eigenvalue weighted by Crippen LogP contribution is 2.25. The molecule has 9 nitrogen and oxygen atoms in total. The van der Waals surface area contributed by atoms with Crippen LogP contribution in [0.3, 0.4) is 0 Å². The molecule has 0 saturated heterocycles. The van der Waals surface area contributed by atoms with Gasteiger partial charge in [-0.05, 0) is 52.5 Å². The van der Waals surface area contributed by atoms with E-state index in [0.29, 0.717) is 25.1 Å². The van der Waals surface area contributed by atoms with Gasteiger partial charge in [-0.1, -0.05) is 82.2 Å². The molecule has 0 aliphatic carbocycles. The van der Waals surface area contributed by atoms with E-state index in [0.717, 1.165) is 50.5 Å². The molecule has 9 heteroatoms. The van der Waals surface area contributed by atoms with E-state index in [1.54, 1.807) is 25.7 Å². The summed E-state index contributed by atoms with van der Waals surface area (Å²) in [5, 5.41) is 5.66. The van der Waals surface area contributed by atoms with Crippen molar-refractivity contribution in [2.75, 3.05) is 13.1 Å². The number of unbranched alkanes of at least 4 members (excludes halogenated alkanes) is 6. The lowest BCUT2D eigenvalue weighted by molar-refractivity contribution is -0.142. The van der Waals surface area contributed by atoms with Crippen LogP contribution in [0.1, 0.15) is 116 Å². The van der Waals surface area contributed by atoms with Gasteiger partial charge in [0.25, 0.3) is 0 Å². The van der Waals surface area contributed by atoms with Crippen molar-refractivity contribution in [1.29, 1.82) is 0 Å². The average molecular weight is 561 g/mol. The van der Waals surface area contributed by atoms with E-state index < -0.39 is 35.6 Å². The van der Waals surface area contributed by atoms with E-state index in [2.05, 4.69) is 24.5 Å². The predicted molar refractivity (Wildman–Crippen MR) is 159 cm³/mol. The second-order valence-corrected chi connectivity index (χ2v) is 11.5. The predicted octanol–water partition coefficient (Wildman–Crippen LogP) is 5.30. The third-order valence-electron chi connectivity index (χ3n) is 6.49. The summed E-state index contributed by atoms with van der Waals surface area (Å²) < 4.78 is 5.40. The standard InChI is InChI=1S/C31H52N4O5/c1-7-9-11-12-14-22-35(29(38)25(19-20-26(32)36)34-30(39)40-31(4,5)6)27(24-17-15-23(3)16-18-24)28(37)33-21-13-10-8-2/h15-18,25,27H,7-14,19-22H2,1-6H3,(H2,32,36)(H,33,37)(H,34,39). The number of aryl methyl sites for hydroxylation is 1. The molecule has 0 radical (unpaired) electrons. The van der Waals surface area contributed by atoms with Crippen LogP contribution in [0, 0.1) is 6.92 Å². The van der Waals surface area contributed by atoms with Crippen molar-refractivity contribution in [2.45, 2.75) is 123 Å². The molecule has 0 spiro atoms. The molecule has 0 fully saturated rings. The van der Waals surface area contributed by atoms with Crippen molar-refractivity contribution >= 4 is 23.8 Å². The molecule has 2 unspecified atom stereocenters. The maximum atomic E-state index is 14.2. The lowest BCUT2D eigenvalue weighted by atomic mass is 9.99. The van der Waals surface area contributed by atoms with Crippen LogP contribution in [0.5, 0.6) is 0 Å². The number of amides is 4. The summed E-state index contributed by atoms with van der Waals surface area (Å²) in [6, 6.07) is 5.59. The lowest BCUT2D eigenvalue weighted by Crippen LogP contribution is -2.53. The SMILES string of the molecule is CCCCCCCN(C(=O)C(CCC(N)=O)NC(=O)OC(C)(C)C)C(C(=O)NCCCCC)c1ccc(C)cc1. The van der Waals surface area contributed by atoms with Crippen molar-refractivity contribution in [2.24, 2.45) is 5.73 Å². The van der Waals surface area contributed by atoms with Crippen LogP contribution >= 0.6 is 0 Å². The Labute approximate surface area is 241 Å². The first kappa shape index (κ1) is 34.9. The Morgan fingerprint density at radius 2 is 1.52 bits per heavy atom. The second-order valence-electron chi connectivity index (χ2n) is 11.5. The number of carbonyl (C=O) groups is 4. The molecule has 0 saturated carbocycles. The smallest absolute Gasteiger partial charge is 0.408 e. The molecular formula is C31H52N4O5. The highest BCUT2D eigenvalue weighted by Gasteiger charge is 2.36. The monoisotopic (exact) mass is 560 g/mol. The normalized spacial score (nSPS) is 12.8. The number of primary amides is 1. The topological polar surface area (TPSA) is 131 Å². The molecule has 1 aromatic rings. The van der Waals surface area contributed by atoms with Crippen LogP contribution < -0.4 is 16.4 Å². The molecule has 4 amide bonds. The number of benzene rings is 1. The number of alkyl carbamates (subject to hydrolysis) is 1. The number of hydrogen-bond donors (Lipinski definition) is 3. The van der Waals surface area contributed by atoms with Crippen LogP contribution in [0.25, 0.3) is 0 Å².